The minimum Gasteiger partial charge on any atom is -0.345 e. The summed E-state index contributed by atoms with van der Waals surface area (Å²) < 4.78 is 0. The Bertz CT molecular complexity index is 1100. The predicted octanol–water partition coefficient (Wildman–Crippen LogP) is 3.63. The Balaban J connectivity index is 1.69. The summed E-state index contributed by atoms with van der Waals surface area (Å²) >= 11 is 0. The van der Waals surface area contributed by atoms with E-state index < -0.39 is 5.97 Å². The van der Waals surface area contributed by atoms with Crippen LogP contribution in [0.1, 0.15) is 11.1 Å². The molecule has 0 aromatic heterocycles. The van der Waals surface area contributed by atoms with Gasteiger partial charge in [-0.1, -0.05) is 84.5 Å². The standard InChI is InChI=1S/C23H16N4O2/c28-23-21(27(26-29-23)18-14-8-3-9-15-18)22-24-19(16-10-4-1-5-11-16)20(25-22)17-12-6-2-7-13-17/h1-15,26H. The van der Waals surface area contributed by atoms with Gasteiger partial charge >= 0.3 is 5.97 Å². The second-order valence-corrected chi connectivity index (χ2v) is 6.48. The van der Waals surface area contributed by atoms with Crippen LogP contribution in [0.25, 0.3) is 0 Å². The molecular formula is C23H16N4O2. The highest BCUT2D eigenvalue weighted by Gasteiger charge is 2.35. The number of benzene rings is 3. The van der Waals surface area contributed by atoms with Gasteiger partial charge in [-0.05, 0) is 12.1 Å². The number of carbonyl (C=O) groups excluding carboxylic acids is 1. The summed E-state index contributed by atoms with van der Waals surface area (Å²) in [5.74, 6) is -0.223. The fraction of sp³-hybridized carbons (Fsp3) is 0. The zero-order valence-corrected chi connectivity index (χ0v) is 15.3. The van der Waals surface area contributed by atoms with Crippen molar-refractivity contribution in [2.45, 2.75) is 0 Å². The number of anilines is 1. The van der Waals surface area contributed by atoms with Crippen LogP contribution in [0.4, 0.5) is 5.69 Å². The van der Waals surface area contributed by atoms with E-state index in [4.69, 9.17) is 14.8 Å². The maximum atomic E-state index is 12.5. The predicted molar refractivity (Wildman–Crippen MR) is 111 cm³/mol. The fourth-order valence-electron chi connectivity index (χ4n) is 3.27. The number of hydrogen-bond donors (Lipinski definition) is 1. The maximum Gasteiger partial charge on any atom is 0.380 e. The largest absolute Gasteiger partial charge is 0.380 e. The number of nitrogens with zero attached hydrogens (tertiary/aromatic N) is 3. The minimum atomic E-state index is -0.530. The van der Waals surface area contributed by atoms with E-state index in [0.717, 1.165) is 16.8 Å². The van der Waals surface area contributed by atoms with Crippen molar-refractivity contribution in [3.8, 4) is 0 Å². The second kappa shape index (κ2) is 7.18. The van der Waals surface area contributed by atoms with Gasteiger partial charge in [0.2, 0.25) is 0 Å². The van der Waals surface area contributed by atoms with Gasteiger partial charge in [0.1, 0.15) is 0 Å². The minimum absolute atomic E-state index is 0.246. The zero-order chi connectivity index (χ0) is 19.6. The number of hydrazine groups is 1. The van der Waals surface area contributed by atoms with Gasteiger partial charge in [0.15, 0.2) is 11.5 Å². The number of hydrogen-bond acceptors (Lipinski definition) is 6. The van der Waals surface area contributed by atoms with Crippen LogP contribution in [0, 0.1) is 0 Å². The van der Waals surface area contributed by atoms with Crippen molar-refractivity contribution in [3.63, 3.8) is 0 Å². The van der Waals surface area contributed by atoms with Crippen molar-refractivity contribution >= 4 is 23.1 Å². The SMILES string of the molecule is O=C1ONN(c2ccccc2)C1=C1N=C(c2ccccc2)C(c2ccccc2)=N1. The van der Waals surface area contributed by atoms with Gasteiger partial charge in [-0.15, -0.1) is 0 Å². The van der Waals surface area contributed by atoms with E-state index >= 15 is 0 Å². The molecule has 0 atom stereocenters. The number of rotatable bonds is 3. The molecule has 1 fully saturated rings. The van der Waals surface area contributed by atoms with E-state index in [0.29, 0.717) is 17.2 Å². The van der Waals surface area contributed by atoms with Crippen LogP contribution in [0.2, 0.25) is 0 Å². The molecular weight excluding hydrogens is 364 g/mol. The summed E-state index contributed by atoms with van der Waals surface area (Å²) in [5, 5.41) is 1.56. The lowest BCUT2D eigenvalue weighted by atomic mass is 10.0. The van der Waals surface area contributed by atoms with Crippen LogP contribution in [0.3, 0.4) is 0 Å². The van der Waals surface area contributed by atoms with Gasteiger partial charge < -0.3 is 4.84 Å². The molecule has 0 saturated carbocycles. The van der Waals surface area contributed by atoms with Crippen molar-refractivity contribution in [2.75, 3.05) is 5.01 Å². The molecule has 2 aliphatic rings. The molecule has 1 N–H and O–H groups in total. The molecule has 0 amide bonds. The molecule has 6 heteroatoms. The van der Waals surface area contributed by atoms with Crippen LogP contribution < -0.4 is 10.6 Å². The number of nitrogens with one attached hydrogen (secondary N) is 1. The summed E-state index contributed by atoms with van der Waals surface area (Å²) in [5.41, 5.74) is 6.93. The Morgan fingerprint density at radius 3 is 1.69 bits per heavy atom. The molecule has 140 valence electrons. The Morgan fingerprint density at radius 2 is 1.17 bits per heavy atom. The fourth-order valence-corrected chi connectivity index (χ4v) is 3.27. The first-order valence-corrected chi connectivity index (χ1v) is 9.16. The van der Waals surface area contributed by atoms with Crippen molar-refractivity contribution in [1.82, 2.24) is 5.59 Å². The number of carbonyl (C=O) groups is 1. The lowest BCUT2D eigenvalue weighted by Gasteiger charge is -2.15. The lowest BCUT2D eigenvalue weighted by molar-refractivity contribution is -0.140. The average molecular weight is 380 g/mol. The molecule has 1 saturated heterocycles. The molecule has 29 heavy (non-hydrogen) atoms. The highest BCUT2D eigenvalue weighted by atomic mass is 16.7. The summed E-state index contributed by atoms with van der Waals surface area (Å²) in [4.78, 5) is 27.0. The van der Waals surface area contributed by atoms with Gasteiger partial charge in [-0.3, -0.25) is 0 Å². The van der Waals surface area contributed by atoms with E-state index in [1.807, 2.05) is 91.0 Å². The first-order valence-electron chi connectivity index (χ1n) is 9.16. The molecule has 2 aliphatic heterocycles. The van der Waals surface area contributed by atoms with Gasteiger partial charge in [0.25, 0.3) is 0 Å². The van der Waals surface area contributed by atoms with Crippen LogP contribution in [-0.4, -0.2) is 17.4 Å². The Morgan fingerprint density at radius 1 is 0.690 bits per heavy atom. The van der Waals surface area contributed by atoms with Crippen molar-refractivity contribution in [2.24, 2.45) is 9.98 Å². The Labute approximate surface area is 167 Å². The number of para-hydroxylation sites is 1. The first kappa shape index (κ1) is 17.1. The third kappa shape index (κ3) is 3.11. The van der Waals surface area contributed by atoms with Crippen molar-refractivity contribution in [3.05, 3.63) is 114 Å². The normalized spacial score (nSPS) is 16.0. The van der Waals surface area contributed by atoms with Crippen LogP contribution in [0.5, 0.6) is 0 Å². The summed E-state index contributed by atoms with van der Waals surface area (Å²) in [6, 6.07) is 29.0. The van der Waals surface area contributed by atoms with Crippen LogP contribution in [-0.2, 0) is 9.63 Å². The van der Waals surface area contributed by atoms with Gasteiger partial charge in [0.05, 0.1) is 17.1 Å². The summed E-state index contributed by atoms with van der Waals surface area (Å²) in [7, 11) is 0. The maximum absolute atomic E-state index is 12.5. The quantitative estimate of drug-likeness (QED) is 0.705. The second-order valence-electron chi connectivity index (χ2n) is 6.48. The van der Waals surface area contributed by atoms with Gasteiger partial charge in [-0.25, -0.2) is 19.8 Å². The van der Waals surface area contributed by atoms with E-state index in [2.05, 4.69) is 5.59 Å². The van der Waals surface area contributed by atoms with Crippen molar-refractivity contribution < 1.29 is 9.63 Å². The third-order valence-electron chi connectivity index (χ3n) is 4.63. The summed E-state index contributed by atoms with van der Waals surface area (Å²) in [6.07, 6.45) is 0. The summed E-state index contributed by atoms with van der Waals surface area (Å²) in [6.45, 7) is 0. The topological polar surface area (TPSA) is 66.3 Å². The highest BCUT2D eigenvalue weighted by molar-refractivity contribution is 6.55. The Hall–Kier alpha value is -4.03. The van der Waals surface area contributed by atoms with Crippen LogP contribution in [0.15, 0.2) is 112 Å². The zero-order valence-electron chi connectivity index (χ0n) is 15.3. The van der Waals surface area contributed by atoms with Gasteiger partial charge in [-0.2, -0.15) is 0 Å². The van der Waals surface area contributed by atoms with Crippen LogP contribution >= 0.6 is 0 Å². The number of aliphatic imine (C=N–C) groups is 2. The molecule has 6 nitrogen and oxygen atoms in total. The molecule has 0 radical (unpaired) electrons. The molecule has 5 rings (SSSR count). The monoisotopic (exact) mass is 380 g/mol. The molecule has 0 aliphatic carbocycles. The molecule has 0 spiro atoms. The molecule has 3 aromatic carbocycles. The van der Waals surface area contributed by atoms with Crippen molar-refractivity contribution in [1.29, 1.82) is 0 Å². The molecule has 2 heterocycles. The van der Waals surface area contributed by atoms with Gasteiger partial charge in [0, 0.05) is 11.1 Å². The molecule has 0 unspecified atom stereocenters. The third-order valence-corrected chi connectivity index (χ3v) is 4.63. The lowest BCUT2D eigenvalue weighted by Crippen LogP contribution is -2.29. The van der Waals surface area contributed by atoms with E-state index in [9.17, 15) is 4.79 Å². The van der Waals surface area contributed by atoms with E-state index in [1.165, 1.54) is 0 Å². The molecule has 3 aromatic rings. The highest BCUT2D eigenvalue weighted by Crippen LogP contribution is 2.29. The van der Waals surface area contributed by atoms with E-state index in [-0.39, 0.29) is 5.70 Å². The Kier molecular flexibility index (Phi) is 4.23. The first-order chi connectivity index (χ1) is 14.3. The smallest absolute Gasteiger partial charge is 0.345 e. The average Bonchev–Trinajstić information content (AvgIpc) is 3.39. The molecule has 0 bridgehead atoms. The van der Waals surface area contributed by atoms with E-state index in [1.54, 1.807) is 5.01 Å².